The maximum Gasteiger partial charge on any atom is 0.343 e. The number of anilines is 1. The topological polar surface area (TPSA) is 116 Å². The molecule has 1 aliphatic heterocycles. The van der Waals surface area contributed by atoms with E-state index < -0.39 is 24.3 Å². The van der Waals surface area contributed by atoms with Crippen LogP contribution < -0.4 is 14.4 Å². The van der Waals surface area contributed by atoms with Crippen molar-refractivity contribution < 1.29 is 38.2 Å². The molecule has 0 aromatic heterocycles. The lowest BCUT2D eigenvalue weighted by atomic mass is 9.81. The van der Waals surface area contributed by atoms with Crippen LogP contribution in [0.15, 0.2) is 72.8 Å². The zero-order valence-corrected chi connectivity index (χ0v) is 21.8. The molecule has 2 aliphatic rings. The molecule has 0 bridgehead atoms. The quantitative estimate of drug-likeness (QED) is 0.175. The monoisotopic (exact) mass is 541 g/mol. The molecule has 2 amide bonds. The maximum absolute atomic E-state index is 13.0. The van der Waals surface area contributed by atoms with Crippen LogP contribution in [0.5, 0.6) is 11.5 Å². The van der Waals surface area contributed by atoms with E-state index in [1.807, 2.05) is 0 Å². The molecular formula is C31H27NO8. The number of nitrogens with zero attached hydrogens (tertiary/aromatic N) is 1. The van der Waals surface area contributed by atoms with Gasteiger partial charge in [0, 0.05) is 5.56 Å². The molecule has 5 rings (SSSR count). The molecule has 3 aromatic carbocycles. The van der Waals surface area contributed by atoms with E-state index in [4.69, 9.17) is 14.2 Å². The Morgan fingerprint density at radius 3 is 2.12 bits per heavy atom. The van der Waals surface area contributed by atoms with Gasteiger partial charge in [0.2, 0.25) is 11.8 Å². The summed E-state index contributed by atoms with van der Waals surface area (Å²) in [5, 5.41) is 0. The summed E-state index contributed by atoms with van der Waals surface area (Å²) in [5.41, 5.74) is 0.765. The van der Waals surface area contributed by atoms with Gasteiger partial charge in [-0.25, -0.2) is 14.5 Å². The Kier molecular flexibility index (Phi) is 7.72. The van der Waals surface area contributed by atoms with Crippen molar-refractivity contribution in [3.8, 4) is 11.5 Å². The highest BCUT2D eigenvalue weighted by Crippen LogP contribution is 2.41. The summed E-state index contributed by atoms with van der Waals surface area (Å²) < 4.78 is 15.7. The number of carbonyl (C=O) groups excluding carboxylic acids is 5. The molecule has 3 aromatic rings. The van der Waals surface area contributed by atoms with E-state index in [-0.39, 0.29) is 46.2 Å². The number of hydrogen-bond acceptors (Lipinski definition) is 8. The Labute approximate surface area is 230 Å². The number of methoxy groups -OCH3 is 1. The number of Topliss-reactive ketones (excluding diaryl/α,β-unsaturated/α-hetero) is 1. The van der Waals surface area contributed by atoms with Crippen LogP contribution in [0.1, 0.15) is 56.8 Å². The summed E-state index contributed by atoms with van der Waals surface area (Å²) in [6.07, 6.45) is 3.11. The standard InChI is InChI=1S/C31H27NO8/c1-38-22-8-6-7-20(17-22)30(36)40-21-15-13-19(14-16-21)27(33)18-39-31(37)25-11-4-5-12-26(25)32-28(34)23-9-2-3-10-24(23)29(32)35/h4-8,11-17,23-24H,2-3,9-10,18H2,1H3. The third-order valence-electron chi connectivity index (χ3n) is 7.23. The minimum atomic E-state index is -0.816. The number of rotatable bonds is 8. The highest BCUT2D eigenvalue weighted by atomic mass is 16.5. The Hall–Kier alpha value is -4.79. The molecule has 9 nitrogen and oxygen atoms in total. The number of imide groups is 1. The van der Waals surface area contributed by atoms with Crippen molar-refractivity contribution in [1.29, 1.82) is 0 Å². The van der Waals surface area contributed by atoms with Crippen LogP contribution in [-0.4, -0.2) is 43.3 Å². The number of esters is 2. The van der Waals surface area contributed by atoms with E-state index >= 15 is 0 Å². The molecule has 2 atom stereocenters. The van der Waals surface area contributed by atoms with Crippen LogP contribution in [0.4, 0.5) is 5.69 Å². The normalized spacial score (nSPS) is 18.2. The molecule has 204 valence electrons. The van der Waals surface area contributed by atoms with Crippen molar-refractivity contribution in [2.45, 2.75) is 25.7 Å². The Morgan fingerprint density at radius 1 is 0.775 bits per heavy atom. The number of hydrogen-bond donors (Lipinski definition) is 0. The van der Waals surface area contributed by atoms with Gasteiger partial charge in [0.05, 0.1) is 35.8 Å². The van der Waals surface area contributed by atoms with Gasteiger partial charge < -0.3 is 14.2 Å². The number of fused-ring (bicyclic) bond motifs is 1. The summed E-state index contributed by atoms with van der Waals surface area (Å²) in [7, 11) is 1.50. The first-order valence-electron chi connectivity index (χ1n) is 13.0. The second-order valence-electron chi connectivity index (χ2n) is 9.67. The molecule has 1 aliphatic carbocycles. The van der Waals surface area contributed by atoms with Crippen molar-refractivity contribution in [2.24, 2.45) is 11.8 Å². The molecule has 1 heterocycles. The first kappa shape index (κ1) is 26.8. The van der Waals surface area contributed by atoms with E-state index in [1.54, 1.807) is 36.4 Å². The molecule has 2 unspecified atom stereocenters. The summed E-state index contributed by atoms with van der Waals surface area (Å²) in [4.78, 5) is 65.2. The second-order valence-corrected chi connectivity index (χ2v) is 9.67. The first-order valence-corrected chi connectivity index (χ1v) is 13.0. The lowest BCUT2D eigenvalue weighted by Gasteiger charge is -2.19. The van der Waals surface area contributed by atoms with Crippen molar-refractivity contribution in [3.63, 3.8) is 0 Å². The van der Waals surface area contributed by atoms with E-state index in [2.05, 4.69) is 0 Å². The van der Waals surface area contributed by atoms with Gasteiger partial charge in [-0.2, -0.15) is 0 Å². The molecular weight excluding hydrogens is 514 g/mol. The summed E-state index contributed by atoms with van der Waals surface area (Å²) in [6.45, 7) is -0.552. The predicted octanol–water partition coefficient (Wildman–Crippen LogP) is 4.63. The number of ketones is 1. The lowest BCUT2D eigenvalue weighted by Crippen LogP contribution is -2.32. The van der Waals surface area contributed by atoms with Crippen molar-refractivity contribution in [2.75, 3.05) is 18.6 Å². The van der Waals surface area contributed by atoms with Gasteiger partial charge in [0.15, 0.2) is 12.4 Å². The predicted molar refractivity (Wildman–Crippen MR) is 143 cm³/mol. The molecule has 0 spiro atoms. The highest BCUT2D eigenvalue weighted by Gasteiger charge is 2.49. The smallest absolute Gasteiger partial charge is 0.343 e. The van der Waals surface area contributed by atoms with Crippen LogP contribution in [-0.2, 0) is 14.3 Å². The molecule has 1 saturated heterocycles. The molecule has 0 N–H and O–H groups in total. The fourth-order valence-electron chi connectivity index (χ4n) is 5.16. The molecule has 9 heteroatoms. The number of amides is 2. The first-order chi connectivity index (χ1) is 19.4. The fourth-order valence-corrected chi connectivity index (χ4v) is 5.16. The van der Waals surface area contributed by atoms with Gasteiger partial charge >= 0.3 is 11.9 Å². The third-order valence-corrected chi connectivity index (χ3v) is 7.23. The zero-order valence-electron chi connectivity index (χ0n) is 21.8. The second kappa shape index (κ2) is 11.5. The van der Waals surface area contributed by atoms with Crippen LogP contribution in [0.25, 0.3) is 0 Å². The minimum absolute atomic E-state index is 0.0375. The van der Waals surface area contributed by atoms with Gasteiger partial charge in [0.25, 0.3) is 0 Å². The molecule has 1 saturated carbocycles. The summed E-state index contributed by atoms with van der Waals surface area (Å²) in [6, 6.07) is 18.6. The van der Waals surface area contributed by atoms with Crippen molar-refractivity contribution in [3.05, 3.63) is 89.5 Å². The average molecular weight is 542 g/mol. The summed E-state index contributed by atoms with van der Waals surface area (Å²) in [5.74, 6) is -2.43. The SMILES string of the molecule is COc1cccc(C(=O)Oc2ccc(C(=O)COC(=O)c3ccccc3N3C(=O)C4CCCCC4C3=O)cc2)c1. The van der Waals surface area contributed by atoms with Gasteiger partial charge in [-0.05, 0) is 67.4 Å². The van der Waals surface area contributed by atoms with Crippen molar-refractivity contribution in [1.82, 2.24) is 0 Å². The lowest BCUT2D eigenvalue weighted by molar-refractivity contribution is -0.122. The van der Waals surface area contributed by atoms with Crippen LogP contribution >= 0.6 is 0 Å². The zero-order chi connectivity index (χ0) is 28.2. The highest BCUT2D eigenvalue weighted by molar-refractivity contribution is 6.24. The van der Waals surface area contributed by atoms with Crippen LogP contribution in [0.3, 0.4) is 0 Å². The largest absolute Gasteiger partial charge is 0.497 e. The van der Waals surface area contributed by atoms with Gasteiger partial charge in [-0.3, -0.25) is 14.4 Å². The van der Waals surface area contributed by atoms with E-state index in [0.29, 0.717) is 24.2 Å². The van der Waals surface area contributed by atoms with Gasteiger partial charge in [-0.15, -0.1) is 0 Å². The molecule has 2 fully saturated rings. The average Bonchev–Trinajstić information content (AvgIpc) is 3.25. The van der Waals surface area contributed by atoms with Crippen LogP contribution in [0.2, 0.25) is 0 Å². The third kappa shape index (κ3) is 5.36. The summed E-state index contributed by atoms with van der Waals surface area (Å²) >= 11 is 0. The van der Waals surface area contributed by atoms with E-state index in [0.717, 1.165) is 17.7 Å². The Bertz CT molecular complexity index is 1450. The molecule has 0 radical (unpaired) electrons. The Morgan fingerprint density at radius 2 is 1.45 bits per heavy atom. The molecule has 40 heavy (non-hydrogen) atoms. The van der Waals surface area contributed by atoms with Gasteiger partial charge in [-0.1, -0.05) is 31.0 Å². The number of benzene rings is 3. The van der Waals surface area contributed by atoms with Crippen molar-refractivity contribution >= 4 is 35.2 Å². The minimum Gasteiger partial charge on any atom is -0.497 e. The van der Waals surface area contributed by atoms with Crippen LogP contribution in [0, 0.1) is 11.8 Å². The maximum atomic E-state index is 13.0. The van der Waals surface area contributed by atoms with E-state index in [1.165, 1.54) is 43.5 Å². The number of ether oxygens (including phenoxy) is 3. The fraction of sp³-hybridized carbons (Fsp3) is 0.258. The Balaban J connectivity index is 1.22. The van der Waals surface area contributed by atoms with Gasteiger partial charge in [0.1, 0.15) is 11.5 Å². The van der Waals surface area contributed by atoms with E-state index in [9.17, 15) is 24.0 Å². The number of carbonyl (C=O) groups is 5. The number of para-hydroxylation sites is 1.